The lowest BCUT2D eigenvalue weighted by Gasteiger charge is -2.17. The number of benzene rings is 1. The standard InChI is InChI=1S/C19H25N3O3S/c1-12-16(13-6-8-14(25-5)9-7-13)22-18(26-12)21-15(23)10-11-20-17(24)19(2,3)4/h6-9H,10-11H2,1-5H3,(H,20,24)(H,21,22,23). The summed E-state index contributed by atoms with van der Waals surface area (Å²) in [7, 11) is 1.63. The molecule has 0 atom stereocenters. The molecule has 0 aliphatic carbocycles. The lowest BCUT2D eigenvalue weighted by molar-refractivity contribution is -0.128. The molecule has 0 saturated carbocycles. The predicted molar refractivity (Wildman–Crippen MR) is 105 cm³/mol. The number of hydrogen-bond acceptors (Lipinski definition) is 5. The summed E-state index contributed by atoms with van der Waals surface area (Å²) in [4.78, 5) is 29.4. The normalized spacial score (nSPS) is 11.1. The Hall–Kier alpha value is -2.41. The van der Waals surface area contributed by atoms with Gasteiger partial charge in [-0.05, 0) is 31.2 Å². The first kappa shape index (κ1) is 19.9. The van der Waals surface area contributed by atoms with Gasteiger partial charge in [-0.2, -0.15) is 0 Å². The molecule has 7 heteroatoms. The van der Waals surface area contributed by atoms with Crippen molar-refractivity contribution >= 4 is 28.3 Å². The summed E-state index contributed by atoms with van der Waals surface area (Å²) in [5.74, 6) is 0.541. The number of ether oxygens (including phenoxy) is 1. The summed E-state index contributed by atoms with van der Waals surface area (Å²) >= 11 is 1.43. The van der Waals surface area contributed by atoms with E-state index in [1.54, 1.807) is 7.11 Å². The fourth-order valence-corrected chi connectivity index (χ4v) is 3.06. The molecule has 1 aromatic carbocycles. The van der Waals surface area contributed by atoms with E-state index in [4.69, 9.17) is 4.74 Å². The fraction of sp³-hybridized carbons (Fsp3) is 0.421. The van der Waals surface area contributed by atoms with Crippen LogP contribution in [0.3, 0.4) is 0 Å². The molecule has 2 amide bonds. The molecule has 2 rings (SSSR count). The highest BCUT2D eigenvalue weighted by Gasteiger charge is 2.20. The lowest BCUT2D eigenvalue weighted by Crippen LogP contribution is -2.36. The van der Waals surface area contributed by atoms with Crippen LogP contribution < -0.4 is 15.4 Å². The first-order chi connectivity index (χ1) is 12.2. The largest absolute Gasteiger partial charge is 0.497 e. The van der Waals surface area contributed by atoms with Crippen LogP contribution in [0.4, 0.5) is 5.13 Å². The van der Waals surface area contributed by atoms with Crippen LogP contribution in [0, 0.1) is 12.3 Å². The molecule has 0 bridgehead atoms. The van der Waals surface area contributed by atoms with E-state index in [-0.39, 0.29) is 18.2 Å². The molecule has 1 aromatic heterocycles. The van der Waals surface area contributed by atoms with E-state index in [0.717, 1.165) is 21.9 Å². The number of carbonyl (C=O) groups excluding carboxylic acids is 2. The quantitative estimate of drug-likeness (QED) is 0.808. The maximum Gasteiger partial charge on any atom is 0.227 e. The van der Waals surface area contributed by atoms with Crippen molar-refractivity contribution < 1.29 is 14.3 Å². The van der Waals surface area contributed by atoms with E-state index in [1.165, 1.54) is 11.3 Å². The van der Waals surface area contributed by atoms with Crippen LogP contribution in [-0.2, 0) is 9.59 Å². The molecule has 0 aliphatic heterocycles. The van der Waals surface area contributed by atoms with E-state index in [2.05, 4.69) is 15.6 Å². The number of rotatable bonds is 6. The first-order valence-corrected chi connectivity index (χ1v) is 9.22. The molecule has 0 aliphatic rings. The van der Waals surface area contributed by atoms with Crippen molar-refractivity contribution in [2.45, 2.75) is 34.1 Å². The Morgan fingerprint density at radius 2 is 1.85 bits per heavy atom. The van der Waals surface area contributed by atoms with Gasteiger partial charge in [0.15, 0.2) is 5.13 Å². The minimum Gasteiger partial charge on any atom is -0.497 e. The van der Waals surface area contributed by atoms with Gasteiger partial charge in [-0.1, -0.05) is 20.8 Å². The number of aromatic nitrogens is 1. The highest BCUT2D eigenvalue weighted by atomic mass is 32.1. The van der Waals surface area contributed by atoms with Gasteiger partial charge in [-0.25, -0.2) is 4.98 Å². The van der Waals surface area contributed by atoms with E-state index in [0.29, 0.717) is 11.7 Å². The number of nitrogens with one attached hydrogen (secondary N) is 2. The van der Waals surface area contributed by atoms with Crippen molar-refractivity contribution in [3.8, 4) is 17.0 Å². The Balaban J connectivity index is 1.94. The zero-order valence-electron chi connectivity index (χ0n) is 15.8. The van der Waals surface area contributed by atoms with E-state index >= 15 is 0 Å². The number of aryl methyl sites for hydroxylation is 1. The van der Waals surface area contributed by atoms with Crippen LogP contribution in [-0.4, -0.2) is 30.5 Å². The van der Waals surface area contributed by atoms with Gasteiger partial charge < -0.3 is 15.4 Å². The average molecular weight is 375 g/mol. The Bertz CT molecular complexity index is 776. The number of anilines is 1. The molecule has 0 fully saturated rings. The van der Waals surface area contributed by atoms with Crippen molar-refractivity contribution in [2.24, 2.45) is 5.41 Å². The Labute approximate surface area is 158 Å². The molecular weight excluding hydrogens is 350 g/mol. The summed E-state index contributed by atoms with van der Waals surface area (Å²) in [5.41, 5.74) is 1.35. The molecule has 0 saturated heterocycles. The smallest absolute Gasteiger partial charge is 0.227 e. The van der Waals surface area contributed by atoms with E-state index in [1.807, 2.05) is 52.0 Å². The van der Waals surface area contributed by atoms with Gasteiger partial charge in [0.1, 0.15) is 5.75 Å². The Kier molecular flexibility index (Phi) is 6.37. The summed E-state index contributed by atoms with van der Waals surface area (Å²) in [6.45, 7) is 7.78. The molecule has 1 heterocycles. The van der Waals surface area contributed by atoms with Gasteiger partial charge in [-0.3, -0.25) is 9.59 Å². The van der Waals surface area contributed by atoms with Crippen molar-refractivity contribution in [1.82, 2.24) is 10.3 Å². The third kappa shape index (κ3) is 5.29. The van der Waals surface area contributed by atoms with Gasteiger partial charge in [-0.15, -0.1) is 11.3 Å². The summed E-state index contributed by atoms with van der Waals surface area (Å²) in [6.07, 6.45) is 0.207. The molecule has 26 heavy (non-hydrogen) atoms. The minimum absolute atomic E-state index is 0.0721. The van der Waals surface area contributed by atoms with Crippen molar-refractivity contribution in [2.75, 3.05) is 19.0 Å². The third-order valence-electron chi connectivity index (χ3n) is 3.73. The van der Waals surface area contributed by atoms with Crippen LogP contribution in [0.25, 0.3) is 11.3 Å². The lowest BCUT2D eigenvalue weighted by atomic mass is 9.96. The highest BCUT2D eigenvalue weighted by molar-refractivity contribution is 7.16. The van der Waals surface area contributed by atoms with Crippen LogP contribution >= 0.6 is 11.3 Å². The molecule has 0 unspecified atom stereocenters. The number of amides is 2. The summed E-state index contributed by atoms with van der Waals surface area (Å²) < 4.78 is 5.16. The van der Waals surface area contributed by atoms with E-state index in [9.17, 15) is 9.59 Å². The van der Waals surface area contributed by atoms with Gasteiger partial charge in [0.05, 0.1) is 12.8 Å². The zero-order valence-corrected chi connectivity index (χ0v) is 16.6. The van der Waals surface area contributed by atoms with Gasteiger partial charge in [0.2, 0.25) is 11.8 Å². The highest BCUT2D eigenvalue weighted by Crippen LogP contribution is 2.31. The maximum atomic E-state index is 12.1. The fourth-order valence-electron chi connectivity index (χ4n) is 2.20. The molecule has 0 radical (unpaired) electrons. The zero-order chi connectivity index (χ0) is 19.3. The molecule has 6 nitrogen and oxygen atoms in total. The monoisotopic (exact) mass is 375 g/mol. The Morgan fingerprint density at radius 1 is 1.19 bits per heavy atom. The molecule has 2 aromatic rings. The molecular formula is C19H25N3O3S. The van der Waals surface area contributed by atoms with Gasteiger partial charge in [0.25, 0.3) is 0 Å². The van der Waals surface area contributed by atoms with Crippen LogP contribution in [0.2, 0.25) is 0 Å². The van der Waals surface area contributed by atoms with Crippen LogP contribution in [0.1, 0.15) is 32.1 Å². The van der Waals surface area contributed by atoms with Crippen molar-refractivity contribution in [1.29, 1.82) is 0 Å². The number of carbonyl (C=O) groups is 2. The topological polar surface area (TPSA) is 80.3 Å². The average Bonchev–Trinajstić information content (AvgIpc) is 2.94. The third-order valence-corrected chi connectivity index (χ3v) is 4.61. The van der Waals surface area contributed by atoms with Crippen LogP contribution in [0.15, 0.2) is 24.3 Å². The van der Waals surface area contributed by atoms with Gasteiger partial charge >= 0.3 is 0 Å². The van der Waals surface area contributed by atoms with Gasteiger partial charge in [0, 0.05) is 28.8 Å². The Morgan fingerprint density at radius 3 is 2.42 bits per heavy atom. The second-order valence-electron chi connectivity index (χ2n) is 6.96. The van der Waals surface area contributed by atoms with Crippen molar-refractivity contribution in [3.05, 3.63) is 29.1 Å². The SMILES string of the molecule is COc1ccc(-c2nc(NC(=O)CCNC(=O)C(C)(C)C)sc2C)cc1. The molecule has 140 valence electrons. The number of thiazole rings is 1. The number of nitrogens with zero attached hydrogens (tertiary/aromatic N) is 1. The number of methoxy groups -OCH3 is 1. The second-order valence-corrected chi connectivity index (χ2v) is 8.16. The maximum absolute atomic E-state index is 12.1. The predicted octanol–water partition coefficient (Wildman–Crippen LogP) is 3.62. The van der Waals surface area contributed by atoms with E-state index < -0.39 is 5.41 Å². The summed E-state index contributed by atoms with van der Waals surface area (Å²) in [6, 6.07) is 7.64. The van der Waals surface area contributed by atoms with Crippen LogP contribution in [0.5, 0.6) is 5.75 Å². The summed E-state index contributed by atoms with van der Waals surface area (Å²) in [5, 5.41) is 6.12. The molecule has 2 N–H and O–H groups in total. The first-order valence-electron chi connectivity index (χ1n) is 8.40. The molecule has 0 spiro atoms. The van der Waals surface area contributed by atoms with Crippen molar-refractivity contribution in [3.63, 3.8) is 0 Å². The minimum atomic E-state index is -0.462. The second kappa shape index (κ2) is 8.31. The number of hydrogen-bond donors (Lipinski definition) is 2.